The number of hydrogen-bond acceptors (Lipinski definition) is 4. The van der Waals surface area contributed by atoms with Crippen molar-refractivity contribution in [3.05, 3.63) is 34.9 Å². The van der Waals surface area contributed by atoms with Gasteiger partial charge < -0.3 is 10.2 Å². The van der Waals surface area contributed by atoms with Crippen LogP contribution < -0.4 is 0 Å². The predicted molar refractivity (Wildman–Crippen MR) is 99.2 cm³/mol. The Kier molecular flexibility index (Phi) is 6.43. The second kappa shape index (κ2) is 7.96. The Morgan fingerprint density at radius 2 is 1.46 bits per heavy atom. The van der Waals surface area contributed by atoms with Gasteiger partial charge in [0.2, 0.25) is 0 Å². The maximum absolute atomic E-state index is 10.5. The van der Waals surface area contributed by atoms with Gasteiger partial charge in [0.05, 0.1) is 12.2 Å². The van der Waals surface area contributed by atoms with Crippen molar-refractivity contribution in [1.29, 1.82) is 0 Å². The minimum absolute atomic E-state index is 0.0728. The summed E-state index contributed by atoms with van der Waals surface area (Å²) in [4.78, 5) is 4.65. The van der Waals surface area contributed by atoms with E-state index in [0.717, 1.165) is 38.3 Å². The number of β-amino-alcohol motifs (C(OH)–C–C–N with tert-alkyl or cyclic N) is 2. The van der Waals surface area contributed by atoms with Gasteiger partial charge >= 0.3 is 0 Å². The van der Waals surface area contributed by atoms with Gasteiger partial charge in [-0.3, -0.25) is 9.80 Å². The zero-order valence-electron chi connectivity index (χ0n) is 15.9. The Hall–Kier alpha value is -0.940. The number of nitrogens with zero attached hydrogens (tertiary/aromatic N) is 2. The van der Waals surface area contributed by atoms with Crippen molar-refractivity contribution in [3.8, 4) is 0 Å². The minimum Gasteiger partial charge on any atom is -0.391 e. The number of rotatable bonds is 5. The zero-order valence-corrected chi connectivity index (χ0v) is 15.9. The van der Waals surface area contributed by atoms with Gasteiger partial charge in [0.15, 0.2) is 0 Å². The lowest BCUT2D eigenvalue weighted by molar-refractivity contribution is 0.00718. The van der Waals surface area contributed by atoms with E-state index in [-0.39, 0.29) is 11.5 Å². The summed E-state index contributed by atoms with van der Waals surface area (Å²) >= 11 is 0. The van der Waals surface area contributed by atoms with Gasteiger partial charge in [0.25, 0.3) is 0 Å². The molecule has 1 aromatic rings. The second-order valence-electron chi connectivity index (χ2n) is 8.34. The Morgan fingerprint density at radius 1 is 0.917 bits per heavy atom. The van der Waals surface area contributed by atoms with Crippen LogP contribution in [-0.4, -0.2) is 65.4 Å². The van der Waals surface area contributed by atoms with E-state index in [1.165, 1.54) is 11.1 Å². The highest BCUT2D eigenvalue weighted by Gasteiger charge is 2.27. The van der Waals surface area contributed by atoms with Gasteiger partial charge in [-0.1, -0.05) is 39.0 Å². The molecule has 0 spiro atoms. The number of aliphatic hydroxyl groups is 2. The first-order valence-corrected chi connectivity index (χ1v) is 9.05. The molecule has 1 aliphatic heterocycles. The molecule has 2 rings (SSSR count). The normalized spacial score (nSPS) is 20.1. The van der Waals surface area contributed by atoms with Crippen LogP contribution in [-0.2, 0) is 0 Å². The van der Waals surface area contributed by atoms with E-state index in [4.69, 9.17) is 0 Å². The van der Waals surface area contributed by atoms with Crippen molar-refractivity contribution in [2.24, 2.45) is 5.41 Å². The van der Waals surface area contributed by atoms with E-state index in [1.54, 1.807) is 0 Å². The Morgan fingerprint density at radius 3 is 1.96 bits per heavy atom. The van der Waals surface area contributed by atoms with Crippen molar-refractivity contribution >= 4 is 0 Å². The topological polar surface area (TPSA) is 46.9 Å². The molecular weight excluding hydrogens is 300 g/mol. The van der Waals surface area contributed by atoms with Gasteiger partial charge in [0.1, 0.15) is 0 Å². The van der Waals surface area contributed by atoms with Crippen LogP contribution >= 0.6 is 0 Å². The Balaban J connectivity index is 1.81. The molecule has 1 aliphatic rings. The van der Waals surface area contributed by atoms with Crippen LogP contribution in [0.3, 0.4) is 0 Å². The van der Waals surface area contributed by atoms with E-state index in [0.29, 0.717) is 6.54 Å². The van der Waals surface area contributed by atoms with Crippen LogP contribution in [0.5, 0.6) is 0 Å². The molecule has 0 radical (unpaired) electrons. The molecule has 0 saturated carbocycles. The molecule has 1 heterocycles. The van der Waals surface area contributed by atoms with Crippen LogP contribution in [0.15, 0.2) is 18.2 Å². The van der Waals surface area contributed by atoms with Crippen LogP contribution in [0.4, 0.5) is 0 Å². The second-order valence-corrected chi connectivity index (χ2v) is 8.34. The summed E-state index contributed by atoms with van der Waals surface area (Å²) in [6.07, 6.45) is -0.735. The van der Waals surface area contributed by atoms with Crippen molar-refractivity contribution in [2.45, 2.75) is 46.8 Å². The van der Waals surface area contributed by atoms with Gasteiger partial charge in [0, 0.05) is 39.3 Å². The molecule has 1 saturated heterocycles. The number of hydrogen-bond donors (Lipinski definition) is 2. The third-order valence-electron chi connectivity index (χ3n) is 5.24. The fraction of sp³-hybridized carbons (Fsp3) is 0.700. The average molecular weight is 335 g/mol. The highest BCUT2D eigenvalue weighted by atomic mass is 16.3. The van der Waals surface area contributed by atoms with Crippen LogP contribution in [0, 0.1) is 19.3 Å². The molecule has 24 heavy (non-hydrogen) atoms. The van der Waals surface area contributed by atoms with Crippen LogP contribution in [0.2, 0.25) is 0 Å². The summed E-state index contributed by atoms with van der Waals surface area (Å²) in [5, 5.41) is 20.8. The van der Waals surface area contributed by atoms with Crippen molar-refractivity contribution in [2.75, 3.05) is 39.3 Å². The minimum atomic E-state index is -0.434. The van der Waals surface area contributed by atoms with Crippen molar-refractivity contribution < 1.29 is 10.2 Å². The van der Waals surface area contributed by atoms with E-state index in [2.05, 4.69) is 56.6 Å². The third kappa shape index (κ3) is 5.28. The fourth-order valence-electron chi connectivity index (χ4n) is 2.99. The maximum Gasteiger partial charge on any atom is 0.0917 e. The lowest BCUT2D eigenvalue weighted by atomic mass is 9.89. The highest BCUT2D eigenvalue weighted by molar-refractivity contribution is 5.31. The SMILES string of the molecule is Cc1ccc([C@H](O)CN2CCN(C[C@H](O)C(C)(C)C)CC2)cc1C. The van der Waals surface area contributed by atoms with Crippen LogP contribution in [0.25, 0.3) is 0 Å². The van der Waals surface area contributed by atoms with Gasteiger partial charge in [-0.2, -0.15) is 0 Å². The summed E-state index contributed by atoms with van der Waals surface area (Å²) in [6.45, 7) is 15.6. The van der Waals surface area contributed by atoms with Crippen molar-refractivity contribution in [3.63, 3.8) is 0 Å². The van der Waals surface area contributed by atoms with Gasteiger partial charge in [-0.15, -0.1) is 0 Å². The smallest absolute Gasteiger partial charge is 0.0917 e. The van der Waals surface area contributed by atoms with Gasteiger partial charge in [-0.25, -0.2) is 0 Å². The molecule has 1 fully saturated rings. The lowest BCUT2D eigenvalue weighted by Crippen LogP contribution is -2.50. The monoisotopic (exact) mass is 334 g/mol. The predicted octanol–water partition coefficient (Wildman–Crippen LogP) is 2.36. The molecule has 1 aromatic carbocycles. The first-order chi connectivity index (χ1) is 11.2. The molecule has 2 atom stereocenters. The molecule has 0 aromatic heterocycles. The Labute approximate surface area is 147 Å². The highest BCUT2D eigenvalue weighted by Crippen LogP contribution is 2.21. The van der Waals surface area contributed by atoms with E-state index < -0.39 is 6.10 Å². The van der Waals surface area contributed by atoms with Crippen molar-refractivity contribution in [1.82, 2.24) is 9.80 Å². The number of piperazine rings is 1. The fourth-order valence-corrected chi connectivity index (χ4v) is 2.99. The van der Waals surface area contributed by atoms with Crippen LogP contribution in [0.1, 0.15) is 43.6 Å². The molecule has 0 unspecified atom stereocenters. The zero-order chi connectivity index (χ0) is 17.9. The lowest BCUT2D eigenvalue weighted by Gasteiger charge is -2.38. The summed E-state index contributed by atoms with van der Waals surface area (Å²) in [5.41, 5.74) is 3.42. The largest absolute Gasteiger partial charge is 0.391 e. The van der Waals surface area contributed by atoms with E-state index in [1.807, 2.05) is 6.07 Å². The van der Waals surface area contributed by atoms with Gasteiger partial charge in [-0.05, 0) is 36.0 Å². The number of benzene rings is 1. The first-order valence-electron chi connectivity index (χ1n) is 9.05. The Bertz CT molecular complexity index is 531. The molecule has 0 aliphatic carbocycles. The molecule has 4 heteroatoms. The first kappa shape index (κ1) is 19.4. The summed E-state index contributed by atoms with van der Waals surface area (Å²) in [6, 6.07) is 6.21. The molecule has 136 valence electrons. The summed E-state index contributed by atoms with van der Waals surface area (Å²) in [7, 11) is 0. The number of aryl methyl sites for hydroxylation is 2. The summed E-state index contributed by atoms with van der Waals surface area (Å²) in [5.74, 6) is 0. The molecule has 4 nitrogen and oxygen atoms in total. The number of aliphatic hydroxyl groups excluding tert-OH is 2. The molecule has 2 N–H and O–H groups in total. The third-order valence-corrected chi connectivity index (χ3v) is 5.24. The molecule has 0 amide bonds. The van der Waals surface area contributed by atoms with E-state index in [9.17, 15) is 10.2 Å². The molecular formula is C20H34N2O2. The summed E-state index contributed by atoms with van der Waals surface area (Å²) < 4.78 is 0. The average Bonchev–Trinajstić information content (AvgIpc) is 2.51. The standard InChI is InChI=1S/C20H34N2O2/c1-15-6-7-17(12-16(15)2)18(23)13-21-8-10-22(11-9-21)14-19(24)20(3,4)5/h6-7,12,18-19,23-24H,8-11,13-14H2,1-5H3/t18-,19+/m1/s1. The quantitative estimate of drug-likeness (QED) is 0.868. The maximum atomic E-state index is 10.5. The van der Waals surface area contributed by atoms with E-state index >= 15 is 0 Å². The molecule has 0 bridgehead atoms.